The number of carboxylic acid groups (broad SMARTS) is 1. The van der Waals surface area contributed by atoms with Gasteiger partial charge in [0.1, 0.15) is 0 Å². The molecule has 0 aliphatic carbocycles. The summed E-state index contributed by atoms with van der Waals surface area (Å²) in [5, 5.41) is 9.22. The minimum absolute atomic E-state index is 0.272. The van der Waals surface area contributed by atoms with Crippen LogP contribution in [0.4, 0.5) is 4.79 Å². The summed E-state index contributed by atoms with van der Waals surface area (Å²) in [5.41, 5.74) is 2.65. The molecular weight excluding hydrogens is 338 g/mol. The molecule has 0 bridgehead atoms. The molecule has 2 aromatic carbocycles. The molecule has 1 N–H and O–H groups in total. The molecule has 5 heteroatoms. The lowest BCUT2D eigenvalue weighted by Crippen LogP contribution is -2.66. The summed E-state index contributed by atoms with van der Waals surface area (Å²) >= 11 is 0. The normalized spacial score (nSPS) is 22.0. The van der Waals surface area contributed by atoms with Crippen LogP contribution in [0.15, 0.2) is 60.7 Å². The molecule has 2 aromatic rings. The topological polar surface area (TPSA) is 47.0 Å². The van der Waals surface area contributed by atoms with Crippen LogP contribution in [0.25, 0.3) is 0 Å². The maximum absolute atomic E-state index is 11.2. The third-order valence-electron chi connectivity index (χ3n) is 5.90. The Morgan fingerprint density at radius 3 is 1.96 bits per heavy atom. The molecule has 2 aliphatic heterocycles. The first-order valence-corrected chi connectivity index (χ1v) is 9.71. The van der Waals surface area contributed by atoms with Crippen molar-refractivity contribution in [3.05, 3.63) is 71.8 Å². The van der Waals surface area contributed by atoms with E-state index in [-0.39, 0.29) is 12.1 Å². The van der Waals surface area contributed by atoms with Crippen molar-refractivity contribution < 1.29 is 9.90 Å². The van der Waals surface area contributed by atoms with Crippen molar-refractivity contribution in [3.8, 4) is 0 Å². The third kappa shape index (κ3) is 3.70. The van der Waals surface area contributed by atoms with Gasteiger partial charge in [-0.3, -0.25) is 9.80 Å². The van der Waals surface area contributed by atoms with Gasteiger partial charge in [-0.15, -0.1) is 0 Å². The highest BCUT2D eigenvalue weighted by molar-refractivity contribution is 5.65. The monoisotopic (exact) mass is 365 g/mol. The fraction of sp³-hybridized carbons (Fsp3) is 0.409. The molecule has 0 spiro atoms. The average Bonchev–Trinajstić information content (AvgIpc) is 2.66. The van der Waals surface area contributed by atoms with Gasteiger partial charge in [0.15, 0.2) is 0 Å². The van der Waals surface area contributed by atoms with Gasteiger partial charge in [0.05, 0.1) is 6.04 Å². The molecule has 0 unspecified atom stereocenters. The first-order chi connectivity index (χ1) is 13.1. The van der Waals surface area contributed by atoms with Crippen molar-refractivity contribution in [2.75, 3.05) is 32.7 Å². The van der Waals surface area contributed by atoms with E-state index in [1.165, 1.54) is 16.0 Å². The van der Waals surface area contributed by atoms with Crippen LogP contribution in [-0.4, -0.2) is 70.7 Å². The Hall–Kier alpha value is -2.37. The van der Waals surface area contributed by atoms with Crippen LogP contribution in [0.2, 0.25) is 0 Å². The fourth-order valence-corrected chi connectivity index (χ4v) is 4.48. The lowest BCUT2D eigenvalue weighted by atomic mass is 9.92. The number of carbonyl (C=O) groups is 1. The molecule has 142 valence electrons. The van der Waals surface area contributed by atoms with Crippen molar-refractivity contribution in [1.29, 1.82) is 0 Å². The van der Waals surface area contributed by atoms with Crippen LogP contribution in [0.3, 0.4) is 0 Å². The predicted molar refractivity (Wildman–Crippen MR) is 106 cm³/mol. The summed E-state index contributed by atoms with van der Waals surface area (Å²) in [5.74, 6) is 0. The van der Waals surface area contributed by atoms with Crippen molar-refractivity contribution in [2.24, 2.45) is 0 Å². The maximum atomic E-state index is 11.2. The van der Waals surface area contributed by atoms with Gasteiger partial charge in [-0.1, -0.05) is 60.7 Å². The van der Waals surface area contributed by atoms with Gasteiger partial charge >= 0.3 is 6.09 Å². The highest BCUT2D eigenvalue weighted by Crippen LogP contribution is 2.34. The van der Waals surface area contributed by atoms with Crippen LogP contribution < -0.4 is 0 Å². The Bertz CT molecular complexity index is 722. The van der Waals surface area contributed by atoms with Gasteiger partial charge in [-0.05, 0) is 18.1 Å². The fourth-order valence-electron chi connectivity index (χ4n) is 4.48. The van der Waals surface area contributed by atoms with Gasteiger partial charge in [-0.2, -0.15) is 0 Å². The van der Waals surface area contributed by atoms with Gasteiger partial charge in [0.2, 0.25) is 0 Å². The molecule has 0 radical (unpaired) electrons. The van der Waals surface area contributed by atoms with Gasteiger partial charge in [0.25, 0.3) is 0 Å². The summed E-state index contributed by atoms with van der Waals surface area (Å²) in [6.45, 7) is 6.22. The lowest BCUT2D eigenvalue weighted by Gasteiger charge is -2.52. The number of piperazine rings is 1. The minimum atomic E-state index is -0.801. The largest absolute Gasteiger partial charge is 0.465 e. The van der Waals surface area contributed by atoms with Crippen molar-refractivity contribution in [1.82, 2.24) is 14.7 Å². The van der Waals surface area contributed by atoms with Crippen molar-refractivity contribution in [3.63, 3.8) is 0 Å². The lowest BCUT2D eigenvalue weighted by molar-refractivity contribution is -0.0311. The molecule has 4 rings (SSSR count). The van der Waals surface area contributed by atoms with E-state index >= 15 is 0 Å². The second-order valence-electron chi connectivity index (χ2n) is 7.65. The Balaban J connectivity index is 1.46. The van der Waals surface area contributed by atoms with Crippen LogP contribution in [0.1, 0.15) is 24.1 Å². The van der Waals surface area contributed by atoms with Crippen molar-refractivity contribution in [2.45, 2.75) is 25.0 Å². The summed E-state index contributed by atoms with van der Waals surface area (Å²) in [6.07, 6.45) is -0.801. The van der Waals surface area contributed by atoms with Gasteiger partial charge in [-0.25, -0.2) is 4.79 Å². The molecule has 2 saturated heterocycles. The second-order valence-corrected chi connectivity index (χ2v) is 7.65. The molecule has 5 nitrogen and oxygen atoms in total. The SMILES string of the molecule is C[C@H]1CN(C(=O)O)CCN1C1CN(C(c2ccccc2)c2ccccc2)C1. The van der Waals surface area contributed by atoms with E-state index in [1.54, 1.807) is 0 Å². The molecule has 2 aliphatic rings. The van der Waals surface area contributed by atoms with E-state index in [4.69, 9.17) is 0 Å². The first kappa shape index (κ1) is 18.0. The number of hydrogen-bond acceptors (Lipinski definition) is 3. The Labute approximate surface area is 160 Å². The summed E-state index contributed by atoms with van der Waals surface area (Å²) in [4.78, 5) is 17.8. The standard InChI is InChI=1S/C22H27N3O2/c1-17-14-23(22(26)27)12-13-25(17)20-15-24(16-20)21(18-8-4-2-5-9-18)19-10-6-3-7-11-19/h2-11,17,20-21H,12-16H2,1H3,(H,26,27)/t17-/m0/s1. The second kappa shape index (κ2) is 7.71. The predicted octanol–water partition coefficient (Wildman–Crippen LogP) is 3.14. The minimum Gasteiger partial charge on any atom is -0.465 e. The molecule has 1 amide bonds. The highest BCUT2D eigenvalue weighted by Gasteiger charge is 2.40. The molecule has 0 aromatic heterocycles. The smallest absolute Gasteiger partial charge is 0.407 e. The van der Waals surface area contributed by atoms with E-state index in [9.17, 15) is 9.90 Å². The number of benzene rings is 2. The molecule has 1 atom stereocenters. The Morgan fingerprint density at radius 1 is 0.926 bits per heavy atom. The zero-order chi connectivity index (χ0) is 18.8. The highest BCUT2D eigenvalue weighted by atomic mass is 16.4. The van der Waals surface area contributed by atoms with Crippen LogP contribution in [0.5, 0.6) is 0 Å². The molecule has 0 saturated carbocycles. The van der Waals surface area contributed by atoms with E-state index < -0.39 is 6.09 Å². The average molecular weight is 365 g/mol. The molecular formula is C22H27N3O2. The Kier molecular flexibility index (Phi) is 5.14. The maximum Gasteiger partial charge on any atom is 0.407 e. The Morgan fingerprint density at radius 2 is 1.48 bits per heavy atom. The van der Waals surface area contributed by atoms with Gasteiger partial charge < -0.3 is 10.0 Å². The number of hydrogen-bond donors (Lipinski definition) is 1. The number of amides is 1. The van der Waals surface area contributed by atoms with E-state index in [2.05, 4.69) is 77.4 Å². The third-order valence-corrected chi connectivity index (χ3v) is 5.90. The quantitative estimate of drug-likeness (QED) is 0.904. The van der Waals surface area contributed by atoms with E-state index in [1.807, 2.05) is 0 Å². The number of likely N-dealkylation sites (tertiary alicyclic amines) is 1. The van der Waals surface area contributed by atoms with E-state index in [0.717, 1.165) is 19.6 Å². The molecule has 27 heavy (non-hydrogen) atoms. The summed E-state index contributed by atoms with van der Waals surface area (Å²) in [6, 6.07) is 22.4. The summed E-state index contributed by atoms with van der Waals surface area (Å²) < 4.78 is 0. The number of nitrogens with zero attached hydrogens (tertiary/aromatic N) is 3. The number of rotatable bonds is 4. The zero-order valence-electron chi connectivity index (χ0n) is 15.7. The van der Waals surface area contributed by atoms with Crippen molar-refractivity contribution >= 4 is 6.09 Å². The zero-order valence-corrected chi connectivity index (χ0v) is 15.7. The van der Waals surface area contributed by atoms with Gasteiger partial charge in [0, 0.05) is 44.8 Å². The van der Waals surface area contributed by atoms with Crippen LogP contribution in [0, 0.1) is 0 Å². The summed E-state index contributed by atoms with van der Waals surface area (Å²) in [7, 11) is 0. The van der Waals surface area contributed by atoms with Crippen LogP contribution in [-0.2, 0) is 0 Å². The first-order valence-electron chi connectivity index (χ1n) is 9.71. The molecule has 2 fully saturated rings. The van der Waals surface area contributed by atoms with Crippen LogP contribution >= 0.6 is 0 Å². The van der Waals surface area contributed by atoms with E-state index in [0.29, 0.717) is 19.1 Å². The molecule has 2 heterocycles.